The topological polar surface area (TPSA) is 79.6 Å². The van der Waals surface area contributed by atoms with Gasteiger partial charge in [-0.1, -0.05) is 23.7 Å². The van der Waals surface area contributed by atoms with Gasteiger partial charge in [-0.2, -0.15) is 0 Å². The van der Waals surface area contributed by atoms with Crippen LogP contribution in [0.15, 0.2) is 47.5 Å². The number of rotatable bonds is 8. The highest BCUT2D eigenvalue weighted by Gasteiger charge is 2.26. The van der Waals surface area contributed by atoms with Gasteiger partial charge in [0.2, 0.25) is 0 Å². The van der Waals surface area contributed by atoms with Gasteiger partial charge in [-0.3, -0.25) is 13.8 Å². The van der Waals surface area contributed by atoms with Crippen LogP contribution in [0, 0.1) is 6.92 Å². The summed E-state index contributed by atoms with van der Waals surface area (Å²) in [5, 5.41) is 10.2. The van der Waals surface area contributed by atoms with E-state index in [9.17, 15) is 18.9 Å². The number of aliphatic carboxylic acids is 1. The molecule has 1 N–H and O–H groups in total. The van der Waals surface area contributed by atoms with Gasteiger partial charge in [0, 0.05) is 52.4 Å². The minimum Gasteiger partial charge on any atom is -0.481 e. The molecule has 4 rings (SSSR count). The largest absolute Gasteiger partial charge is 0.481 e. The van der Waals surface area contributed by atoms with Gasteiger partial charge in [0.25, 0.3) is 5.91 Å². The van der Waals surface area contributed by atoms with Crippen LogP contribution in [0.4, 0.5) is 0 Å². The highest BCUT2D eigenvalue weighted by atomic mass is 35.5. The first-order valence-electron chi connectivity index (χ1n) is 11.8. The van der Waals surface area contributed by atoms with E-state index >= 15 is 0 Å². The van der Waals surface area contributed by atoms with E-state index in [1.54, 1.807) is 18.2 Å². The lowest BCUT2D eigenvalue weighted by Gasteiger charge is -2.21. The second kappa shape index (κ2) is 10.1. The number of aryl methyl sites for hydroxylation is 3. The van der Waals surface area contributed by atoms with Crippen molar-refractivity contribution in [2.45, 2.75) is 49.2 Å². The molecule has 186 valence electrons. The highest BCUT2D eigenvalue weighted by Crippen LogP contribution is 2.28. The Kier molecular flexibility index (Phi) is 7.29. The van der Waals surface area contributed by atoms with Gasteiger partial charge < -0.3 is 14.6 Å². The number of halogens is 1. The first-order chi connectivity index (χ1) is 16.6. The third kappa shape index (κ3) is 5.41. The molecule has 1 aliphatic heterocycles. The SMILES string of the molecule is C=S(=O)(c1cc(C)cc(Cl)c1)C(CCc1ccc2c(C(=O)N3CCCC3)cn(C)c2c1)CC(=O)O. The maximum atomic E-state index is 13.7. The first-order valence-corrected chi connectivity index (χ1v) is 14.0. The molecule has 0 spiro atoms. The van der Waals surface area contributed by atoms with Crippen LogP contribution < -0.4 is 0 Å². The van der Waals surface area contributed by atoms with E-state index in [2.05, 4.69) is 5.87 Å². The summed E-state index contributed by atoms with van der Waals surface area (Å²) in [6.07, 6.45) is 4.67. The standard InChI is InChI=1S/C27H31ClN2O4S/c1-18-12-20(28)15-22(13-18)35(3,34)21(16-26(31)32)8-6-19-7-9-23-24(17-29(2)25(23)14-19)27(33)30-10-4-5-11-30/h7,9,12-15,17,21H,3-6,8,10-11,16H2,1-2H3,(H,31,32). The summed E-state index contributed by atoms with van der Waals surface area (Å²) in [7, 11) is -0.978. The molecule has 0 radical (unpaired) electrons. The van der Waals surface area contributed by atoms with Crippen LogP contribution in [0.25, 0.3) is 10.9 Å². The summed E-state index contributed by atoms with van der Waals surface area (Å²) in [4.78, 5) is 27.0. The maximum absolute atomic E-state index is 13.7. The molecule has 2 aromatic carbocycles. The molecule has 0 bridgehead atoms. The molecule has 0 saturated carbocycles. The van der Waals surface area contributed by atoms with Crippen LogP contribution in [0.1, 0.15) is 47.2 Å². The lowest BCUT2D eigenvalue weighted by atomic mass is 10.0. The summed E-state index contributed by atoms with van der Waals surface area (Å²) in [5.74, 6) is 3.03. The van der Waals surface area contributed by atoms with Crippen molar-refractivity contribution < 1.29 is 18.9 Å². The molecule has 2 atom stereocenters. The number of hydrogen-bond donors (Lipinski definition) is 1. The lowest BCUT2D eigenvalue weighted by molar-refractivity contribution is -0.137. The molecule has 6 nitrogen and oxygen atoms in total. The molecule has 35 heavy (non-hydrogen) atoms. The molecule has 1 saturated heterocycles. The summed E-state index contributed by atoms with van der Waals surface area (Å²) in [5.41, 5.74) is 3.50. The first kappa shape index (κ1) is 25.3. The number of aromatic nitrogens is 1. The number of hydrogen-bond acceptors (Lipinski definition) is 3. The predicted molar refractivity (Wildman–Crippen MR) is 142 cm³/mol. The Labute approximate surface area is 211 Å². The molecule has 2 heterocycles. The van der Waals surface area contributed by atoms with Crippen molar-refractivity contribution in [2.75, 3.05) is 13.1 Å². The van der Waals surface area contributed by atoms with Crippen molar-refractivity contribution in [1.82, 2.24) is 9.47 Å². The highest BCUT2D eigenvalue weighted by molar-refractivity contribution is 8.01. The number of carboxylic acid groups (broad SMARTS) is 1. The monoisotopic (exact) mass is 514 g/mol. The van der Waals surface area contributed by atoms with E-state index in [0.717, 1.165) is 48.0 Å². The molecule has 1 aliphatic rings. The molecule has 1 fully saturated rings. The third-order valence-corrected chi connectivity index (χ3v) is 9.52. The van der Waals surface area contributed by atoms with Gasteiger partial charge in [0.05, 0.1) is 12.0 Å². The van der Waals surface area contributed by atoms with Gasteiger partial charge in [-0.05, 0) is 83.4 Å². The van der Waals surface area contributed by atoms with Crippen molar-refractivity contribution in [3.63, 3.8) is 0 Å². The van der Waals surface area contributed by atoms with Gasteiger partial charge >= 0.3 is 5.97 Å². The second-order valence-corrected chi connectivity index (χ2v) is 12.5. The predicted octanol–water partition coefficient (Wildman–Crippen LogP) is 4.93. The van der Waals surface area contributed by atoms with Crippen LogP contribution in [0.3, 0.4) is 0 Å². The fraction of sp³-hybridized carbons (Fsp3) is 0.370. The van der Waals surface area contributed by atoms with Gasteiger partial charge in [-0.25, -0.2) is 0 Å². The number of amides is 1. The number of nitrogens with zero attached hydrogens (tertiary/aromatic N) is 2. The Morgan fingerprint density at radius 2 is 1.89 bits per heavy atom. The van der Waals surface area contributed by atoms with Gasteiger partial charge in [0.1, 0.15) is 0 Å². The van der Waals surface area contributed by atoms with Gasteiger partial charge in [0.15, 0.2) is 0 Å². The molecular formula is C27H31ClN2O4S. The van der Waals surface area contributed by atoms with Crippen LogP contribution in [0.5, 0.6) is 0 Å². The summed E-state index contributed by atoms with van der Waals surface area (Å²) < 4.78 is 15.7. The van der Waals surface area contributed by atoms with Crippen molar-refractivity contribution in [3.05, 3.63) is 64.3 Å². The Bertz CT molecular complexity index is 1370. The zero-order valence-corrected chi connectivity index (χ0v) is 21.7. The Hall–Kier alpha value is -2.77. The van der Waals surface area contributed by atoms with E-state index in [-0.39, 0.29) is 12.3 Å². The lowest BCUT2D eigenvalue weighted by Crippen LogP contribution is -2.27. The average Bonchev–Trinajstić information content (AvgIpc) is 3.44. The smallest absolute Gasteiger partial charge is 0.304 e. The minimum atomic E-state index is -2.90. The Morgan fingerprint density at radius 1 is 1.17 bits per heavy atom. The summed E-state index contributed by atoms with van der Waals surface area (Å²) in [6, 6.07) is 11.1. The molecule has 1 aromatic heterocycles. The molecule has 2 unspecified atom stereocenters. The maximum Gasteiger partial charge on any atom is 0.304 e. The summed E-state index contributed by atoms with van der Waals surface area (Å²) in [6.45, 7) is 3.46. The fourth-order valence-electron chi connectivity index (χ4n) is 4.89. The molecule has 1 amide bonds. The Balaban J connectivity index is 1.58. The van der Waals surface area contributed by atoms with E-state index in [1.165, 1.54) is 0 Å². The number of benzene rings is 2. The number of carbonyl (C=O) groups is 2. The molecular weight excluding hydrogens is 484 g/mol. The van der Waals surface area contributed by atoms with Crippen molar-refractivity contribution in [1.29, 1.82) is 0 Å². The molecule has 0 aliphatic carbocycles. The van der Waals surface area contributed by atoms with Crippen LogP contribution in [0.2, 0.25) is 5.02 Å². The second-order valence-electron chi connectivity index (χ2n) is 9.45. The van der Waals surface area contributed by atoms with Gasteiger partial charge in [-0.15, -0.1) is 0 Å². The van der Waals surface area contributed by atoms with Crippen molar-refractivity contribution in [2.24, 2.45) is 7.05 Å². The van der Waals surface area contributed by atoms with Crippen LogP contribution in [-0.4, -0.2) is 54.9 Å². The van der Waals surface area contributed by atoms with Crippen molar-refractivity contribution >= 4 is 49.8 Å². The van der Waals surface area contributed by atoms with Crippen LogP contribution in [-0.2, 0) is 27.8 Å². The zero-order valence-electron chi connectivity index (χ0n) is 20.1. The number of carbonyl (C=O) groups excluding carboxylic acids is 1. The number of fused-ring (bicyclic) bond motifs is 1. The molecule has 8 heteroatoms. The van der Waals surface area contributed by atoms with E-state index < -0.39 is 20.7 Å². The van der Waals surface area contributed by atoms with E-state index in [1.807, 2.05) is 47.8 Å². The van der Waals surface area contributed by atoms with E-state index in [4.69, 9.17) is 11.6 Å². The quantitative estimate of drug-likeness (QED) is 0.432. The van der Waals surface area contributed by atoms with Crippen LogP contribution >= 0.6 is 11.6 Å². The average molecular weight is 515 g/mol. The van der Waals surface area contributed by atoms with Crippen molar-refractivity contribution in [3.8, 4) is 0 Å². The number of likely N-dealkylation sites (tertiary alicyclic amines) is 1. The zero-order chi connectivity index (χ0) is 25.3. The normalized spacial score (nSPS) is 16.4. The molecule has 3 aromatic rings. The van der Waals surface area contributed by atoms with E-state index in [0.29, 0.717) is 28.3 Å². The minimum absolute atomic E-state index is 0.0657. The third-order valence-electron chi connectivity index (χ3n) is 6.79. The number of carboxylic acids is 1. The summed E-state index contributed by atoms with van der Waals surface area (Å²) >= 11 is 6.18. The fourth-order valence-corrected chi connectivity index (χ4v) is 7.25. The Morgan fingerprint density at radius 3 is 2.54 bits per heavy atom.